The highest BCUT2D eigenvalue weighted by Crippen LogP contribution is 2.25. The number of nitrogens with one attached hydrogen (secondary N) is 1. The van der Waals surface area contributed by atoms with Crippen LogP contribution in [0.2, 0.25) is 5.02 Å². The second-order valence-electron chi connectivity index (χ2n) is 4.26. The smallest absolute Gasteiger partial charge is 0.124 e. The minimum absolute atomic E-state index is 0.253. The molecule has 1 unspecified atom stereocenters. The lowest BCUT2D eigenvalue weighted by Gasteiger charge is -2.20. The fraction of sp³-hybridized carbons (Fsp3) is 0.429. The van der Waals surface area contributed by atoms with Gasteiger partial charge < -0.3 is 14.8 Å². The van der Waals surface area contributed by atoms with E-state index >= 15 is 0 Å². The highest BCUT2D eigenvalue weighted by atomic mass is 35.5. The Bertz CT molecular complexity index is 420. The molecule has 1 heterocycles. The maximum atomic E-state index is 6.17. The van der Waals surface area contributed by atoms with Crippen LogP contribution >= 0.6 is 11.6 Å². The Kier molecular flexibility index (Phi) is 4.90. The molecule has 1 aromatic carbocycles. The summed E-state index contributed by atoms with van der Waals surface area (Å²) in [5.41, 5.74) is 0.994. The van der Waals surface area contributed by atoms with Gasteiger partial charge in [-0.1, -0.05) is 17.7 Å². The third kappa shape index (κ3) is 3.40. The van der Waals surface area contributed by atoms with Crippen molar-refractivity contribution in [2.24, 2.45) is 0 Å². The number of hydrogen-bond donors (Lipinski definition) is 1. The molecule has 0 saturated carbocycles. The number of rotatable bonds is 5. The van der Waals surface area contributed by atoms with Crippen molar-refractivity contribution >= 4 is 11.6 Å². The zero-order valence-corrected chi connectivity index (χ0v) is 11.2. The second-order valence-corrected chi connectivity index (χ2v) is 4.67. The van der Waals surface area contributed by atoms with Crippen LogP contribution in [0, 0.1) is 0 Å². The Morgan fingerprint density at radius 2 is 2.39 bits per heavy atom. The van der Waals surface area contributed by atoms with Crippen LogP contribution in [0.5, 0.6) is 5.75 Å². The number of allylic oxidation sites excluding steroid dienone is 1. The SMILES string of the molecule is COc1cccc(Cl)c1CNCC1CCC=CO1. The van der Waals surface area contributed by atoms with Gasteiger partial charge in [-0.3, -0.25) is 0 Å². The fourth-order valence-corrected chi connectivity index (χ4v) is 2.23. The molecule has 0 amide bonds. The van der Waals surface area contributed by atoms with Gasteiger partial charge in [0, 0.05) is 23.7 Å². The van der Waals surface area contributed by atoms with Crippen molar-refractivity contribution in [3.8, 4) is 5.75 Å². The highest BCUT2D eigenvalue weighted by Gasteiger charge is 2.12. The van der Waals surface area contributed by atoms with E-state index in [1.807, 2.05) is 24.3 Å². The summed E-state index contributed by atoms with van der Waals surface area (Å²) in [7, 11) is 1.66. The van der Waals surface area contributed by atoms with Gasteiger partial charge in [0.05, 0.1) is 13.4 Å². The number of hydrogen-bond acceptors (Lipinski definition) is 3. The summed E-state index contributed by atoms with van der Waals surface area (Å²) in [5.74, 6) is 0.819. The summed E-state index contributed by atoms with van der Waals surface area (Å²) in [5, 5.41) is 4.09. The highest BCUT2D eigenvalue weighted by molar-refractivity contribution is 6.31. The quantitative estimate of drug-likeness (QED) is 0.889. The van der Waals surface area contributed by atoms with Crippen LogP contribution in [0.3, 0.4) is 0 Å². The van der Waals surface area contributed by atoms with Crippen LogP contribution in [-0.4, -0.2) is 19.8 Å². The predicted molar refractivity (Wildman–Crippen MR) is 73.0 cm³/mol. The van der Waals surface area contributed by atoms with Crippen molar-refractivity contribution in [3.05, 3.63) is 41.1 Å². The van der Waals surface area contributed by atoms with Gasteiger partial charge in [0.1, 0.15) is 11.9 Å². The molecule has 0 radical (unpaired) electrons. The van der Waals surface area contributed by atoms with Crippen molar-refractivity contribution < 1.29 is 9.47 Å². The van der Waals surface area contributed by atoms with Gasteiger partial charge in [0.15, 0.2) is 0 Å². The average Bonchev–Trinajstić information content (AvgIpc) is 2.41. The van der Waals surface area contributed by atoms with E-state index in [1.54, 1.807) is 13.4 Å². The van der Waals surface area contributed by atoms with Gasteiger partial charge in [-0.15, -0.1) is 0 Å². The van der Waals surface area contributed by atoms with Gasteiger partial charge in [0.25, 0.3) is 0 Å². The summed E-state index contributed by atoms with van der Waals surface area (Å²) in [6.45, 7) is 1.51. The van der Waals surface area contributed by atoms with Gasteiger partial charge in [-0.25, -0.2) is 0 Å². The molecule has 0 spiro atoms. The van der Waals surface area contributed by atoms with Crippen molar-refractivity contribution in [1.29, 1.82) is 0 Å². The molecule has 4 heteroatoms. The Hall–Kier alpha value is -1.19. The van der Waals surface area contributed by atoms with Crippen LogP contribution in [0.15, 0.2) is 30.5 Å². The molecule has 2 rings (SSSR count). The van der Waals surface area contributed by atoms with Crippen molar-refractivity contribution in [1.82, 2.24) is 5.32 Å². The summed E-state index contributed by atoms with van der Waals surface area (Å²) in [4.78, 5) is 0. The first kappa shape index (κ1) is 13.2. The molecular formula is C14H18ClNO2. The maximum Gasteiger partial charge on any atom is 0.124 e. The molecular weight excluding hydrogens is 250 g/mol. The first-order valence-corrected chi connectivity index (χ1v) is 6.51. The lowest BCUT2D eigenvalue weighted by molar-refractivity contribution is 0.122. The fourth-order valence-electron chi connectivity index (χ4n) is 1.99. The van der Waals surface area contributed by atoms with Gasteiger partial charge in [-0.2, -0.15) is 0 Å². The van der Waals surface area contributed by atoms with E-state index in [0.717, 1.165) is 35.7 Å². The standard InChI is InChI=1S/C14H18ClNO2/c1-17-14-7-4-6-13(15)12(14)10-16-9-11-5-2-3-8-18-11/h3-4,6-8,11,16H,2,5,9-10H2,1H3. The first-order valence-electron chi connectivity index (χ1n) is 6.14. The monoisotopic (exact) mass is 267 g/mol. The molecule has 1 aromatic rings. The molecule has 1 N–H and O–H groups in total. The lowest BCUT2D eigenvalue weighted by atomic mass is 10.1. The molecule has 3 nitrogen and oxygen atoms in total. The Morgan fingerprint density at radius 1 is 1.50 bits per heavy atom. The molecule has 0 fully saturated rings. The average molecular weight is 268 g/mol. The number of methoxy groups -OCH3 is 1. The molecule has 1 aliphatic heterocycles. The van der Waals surface area contributed by atoms with Crippen LogP contribution in [0.25, 0.3) is 0 Å². The predicted octanol–water partition coefficient (Wildman–Crippen LogP) is 3.13. The van der Waals surface area contributed by atoms with E-state index < -0.39 is 0 Å². The summed E-state index contributed by atoms with van der Waals surface area (Å²) < 4.78 is 10.8. The third-order valence-corrected chi connectivity index (χ3v) is 3.35. The summed E-state index contributed by atoms with van der Waals surface area (Å²) in [6.07, 6.45) is 6.23. The van der Waals surface area contributed by atoms with E-state index in [1.165, 1.54) is 0 Å². The van der Waals surface area contributed by atoms with Gasteiger partial charge >= 0.3 is 0 Å². The molecule has 1 aliphatic rings. The normalized spacial score (nSPS) is 18.4. The van der Waals surface area contributed by atoms with Crippen molar-refractivity contribution in [2.75, 3.05) is 13.7 Å². The van der Waals surface area contributed by atoms with Crippen LogP contribution in [0.1, 0.15) is 18.4 Å². The molecule has 1 atom stereocenters. The zero-order chi connectivity index (χ0) is 12.8. The topological polar surface area (TPSA) is 30.5 Å². The minimum atomic E-state index is 0.253. The molecule has 98 valence electrons. The molecule has 0 aliphatic carbocycles. The van der Waals surface area contributed by atoms with E-state index in [2.05, 4.69) is 5.32 Å². The Labute approximate surface area is 113 Å². The van der Waals surface area contributed by atoms with E-state index in [4.69, 9.17) is 21.1 Å². The Balaban J connectivity index is 1.87. The number of benzene rings is 1. The van der Waals surface area contributed by atoms with E-state index in [9.17, 15) is 0 Å². The van der Waals surface area contributed by atoms with Crippen LogP contribution in [0.4, 0.5) is 0 Å². The maximum absolute atomic E-state index is 6.17. The van der Waals surface area contributed by atoms with Crippen LogP contribution in [-0.2, 0) is 11.3 Å². The number of ether oxygens (including phenoxy) is 2. The third-order valence-electron chi connectivity index (χ3n) is 2.99. The lowest BCUT2D eigenvalue weighted by Crippen LogP contribution is -2.28. The van der Waals surface area contributed by atoms with Crippen molar-refractivity contribution in [2.45, 2.75) is 25.5 Å². The second kappa shape index (κ2) is 6.66. The zero-order valence-electron chi connectivity index (χ0n) is 10.5. The summed E-state index contributed by atoms with van der Waals surface area (Å²) in [6, 6.07) is 5.68. The molecule has 18 heavy (non-hydrogen) atoms. The number of halogens is 1. The van der Waals surface area contributed by atoms with Gasteiger partial charge in [-0.05, 0) is 31.1 Å². The van der Waals surface area contributed by atoms with Crippen molar-refractivity contribution in [3.63, 3.8) is 0 Å². The molecule has 0 bridgehead atoms. The molecule has 0 saturated heterocycles. The minimum Gasteiger partial charge on any atom is -0.497 e. The Morgan fingerprint density at radius 3 is 3.11 bits per heavy atom. The van der Waals surface area contributed by atoms with E-state index in [0.29, 0.717) is 6.54 Å². The molecule has 0 aromatic heterocycles. The van der Waals surface area contributed by atoms with E-state index in [-0.39, 0.29) is 6.10 Å². The first-order chi connectivity index (χ1) is 8.81. The largest absolute Gasteiger partial charge is 0.497 e. The summed E-state index contributed by atoms with van der Waals surface area (Å²) >= 11 is 6.17. The van der Waals surface area contributed by atoms with Crippen LogP contribution < -0.4 is 10.1 Å². The van der Waals surface area contributed by atoms with Gasteiger partial charge in [0.2, 0.25) is 0 Å².